The third kappa shape index (κ3) is 2.60. The first-order valence-electron chi connectivity index (χ1n) is 6.08. The molecule has 0 saturated carbocycles. The molecule has 1 aromatic carbocycles. The van der Waals surface area contributed by atoms with Crippen LogP contribution in [0, 0.1) is 12.8 Å². The van der Waals surface area contributed by atoms with Crippen molar-refractivity contribution >= 4 is 0 Å². The molecule has 0 bridgehead atoms. The van der Waals surface area contributed by atoms with Crippen LogP contribution >= 0.6 is 0 Å². The normalized spacial score (nSPS) is 25.7. The van der Waals surface area contributed by atoms with Gasteiger partial charge in [0, 0.05) is 6.04 Å². The van der Waals surface area contributed by atoms with Crippen molar-refractivity contribution in [3.05, 3.63) is 35.4 Å². The lowest BCUT2D eigenvalue weighted by Crippen LogP contribution is -2.29. The molecule has 1 saturated heterocycles. The molecule has 1 fully saturated rings. The van der Waals surface area contributed by atoms with E-state index in [4.69, 9.17) is 0 Å². The smallest absolute Gasteiger partial charge is 0.0136 e. The van der Waals surface area contributed by atoms with E-state index in [9.17, 15) is 0 Å². The number of rotatable bonds is 3. The van der Waals surface area contributed by atoms with Crippen LogP contribution in [0.5, 0.6) is 0 Å². The van der Waals surface area contributed by atoms with E-state index >= 15 is 0 Å². The van der Waals surface area contributed by atoms with Crippen LogP contribution in [0.4, 0.5) is 0 Å². The topological polar surface area (TPSA) is 12.0 Å². The first kappa shape index (κ1) is 10.7. The van der Waals surface area contributed by atoms with Crippen molar-refractivity contribution in [2.45, 2.75) is 39.2 Å². The van der Waals surface area contributed by atoms with Gasteiger partial charge in [-0.05, 0) is 37.8 Å². The maximum absolute atomic E-state index is 3.62. The van der Waals surface area contributed by atoms with Gasteiger partial charge in [0.2, 0.25) is 0 Å². The lowest BCUT2D eigenvalue weighted by molar-refractivity contribution is 0.433. The molecule has 1 heteroatoms. The summed E-state index contributed by atoms with van der Waals surface area (Å²) >= 11 is 0. The van der Waals surface area contributed by atoms with Gasteiger partial charge in [0.05, 0.1) is 0 Å². The second-order valence-electron chi connectivity index (χ2n) is 4.71. The van der Waals surface area contributed by atoms with Crippen molar-refractivity contribution in [2.24, 2.45) is 5.92 Å². The fourth-order valence-electron chi connectivity index (χ4n) is 2.53. The molecule has 2 atom stereocenters. The minimum absolute atomic E-state index is 0.706. The fraction of sp³-hybridized carbons (Fsp3) is 0.571. The summed E-state index contributed by atoms with van der Waals surface area (Å²) in [6.45, 7) is 5.65. The van der Waals surface area contributed by atoms with Gasteiger partial charge in [0.1, 0.15) is 0 Å². The zero-order valence-electron chi connectivity index (χ0n) is 9.79. The molecule has 15 heavy (non-hydrogen) atoms. The minimum Gasteiger partial charge on any atom is -0.313 e. The van der Waals surface area contributed by atoms with Gasteiger partial charge in [-0.2, -0.15) is 0 Å². The molecule has 0 aliphatic carbocycles. The summed E-state index contributed by atoms with van der Waals surface area (Å²) < 4.78 is 0. The van der Waals surface area contributed by atoms with Gasteiger partial charge in [-0.1, -0.05) is 43.2 Å². The second kappa shape index (κ2) is 4.80. The summed E-state index contributed by atoms with van der Waals surface area (Å²) in [6.07, 6.45) is 3.86. The lowest BCUT2D eigenvalue weighted by Gasteiger charge is -2.18. The molecular weight excluding hydrogens is 182 g/mol. The maximum atomic E-state index is 3.62. The summed E-state index contributed by atoms with van der Waals surface area (Å²) in [7, 11) is 0. The Morgan fingerprint density at radius 2 is 2.00 bits per heavy atom. The van der Waals surface area contributed by atoms with Crippen LogP contribution in [0.25, 0.3) is 0 Å². The van der Waals surface area contributed by atoms with Crippen LogP contribution in [-0.2, 0) is 6.42 Å². The Hall–Kier alpha value is -0.820. The van der Waals surface area contributed by atoms with E-state index in [1.807, 2.05) is 0 Å². The molecule has 0 amide bonds. The third-order valence-corrected chi connectivity index (χ3v) is 3.59. The standard InChI is InChI=1S/C14H21N/c1-3-13-8-9-15-14(13)10-12-6-4-11(2)5-7-12/h4-7,13-15H,3,8-10H2,1-2H3. The third-order valence-electron chi connectivity index (χ3n) is 3.59. The molecule has 0 spiro atoms. The monoisotopic (exact) mass is 203 g/mol. The molecule has 1 aromatic rings. The van der Waals surface area contributed by atoms with Crippen LogP contribution in [-0.4, -0.2) is 12.6 Å². The molecule has 0 aromatic heterocycles. The zero-order valence-corrected chi connectivity index (χ0v) is 9.79. The van der Waals surface area contributed by atoms with E-state index in [-0.39, 0.29) is 0 Å². The summed E-state index contributed by atoms with van der Waals surface area (Å²) in [5, 5.41) is 3.62. The van der Waals surface area contributed by atoms with Gasteiger partial charge in [-0.3, -0.25) is 0 Å². The summed E-state index contributed by atoms with van der Waals surface area (Å²) in [5.41, 5.74) is 2.82. The predicted molar refractivity (Wildman–Crippen MR) is 65.1 cm³/mol. The van der Waals surface area contributed by atoms with Gasteiger partial charge in [0.25, 0.3) is 0 Å². The highest BCUT2D eigenvalue weighted by Gasteiger charge is 2.24. The predicted octanol–water partition coefficient (Wildman–Crippen LogP) is 2.93. The maximum Gasteiger partial charge on any atom is 0.0136 e. The van der Waals surface area contributed by atoms with E-state index in [1.54, 1.807) is 0 Å². The Kier molecular flexibility index (Phi) is 3.42. The highest BCUT2D eigenvalue weighted by Crippen LogP contribution is 2.22. The van der Waals surface area contributed by atoms with Crippen LogP contribution in [0.2, 0.25) is 0 Å². The molecule has 1 heterocycles. The Morgan fingerprint density at radius 1 is 1.27 bits per heavy atom. The quantitative estimate of drug-likeness (QED) is 0.796. The van der Waals surface area contributed by atoms with Gasteiger partial charge in [0.15, 0.2) is 0 Å². The summed E-state index contributed by atoms with van der Waals surface area (Å²) in [5.74, 6) is 0.881. The van der Waals surface area contributed by atoms with E-state index < -0.39 is 0 Å². The Balaban J connectivity index is 1.99. The highest BCUT2D eigenvalue weighted by molar-refractivity contribution is 5.22. The van der Waals surface area contributed by atoms with Crippen LogP contribution in [0.1, 0.15) is 30.9 Å². The molecule has 2 unspecified atom stereocenters. The van der Waals surface area contributed by atoms with Crippen LogP contribution in [0.3, 0.4) is 0 Å². The molecule has 82 valence electrons. The van der Waals surface area contributed by atoms with E-state index in [0.717, 1.165) is 5.92 Å². The Labute approximate surface area is 92.9 Å². The van der Waals surface area contributed by atoms with Gasteiger partial charge in [-0.15, -0.1) is 0 Å². The first-order chi connectivity index (χ1) is 7.29. The number of hydrogen-bond acceptors (Lipinski definition) is 1. The van der Waals surface area contributed by atoms with Gasteiger partial charge < -0.3 is 5.32 Å². The van der Waals surface area contributed by atoms with Crippen LogP contribution < -0.4 is 5.32 Å². The number of benzene rings is 1. The largest absolute Gasteiger partial charge is 0.313 e. The lowest BCUT2D eigenvalue weighted by atomic mass is 9.92. The van der Waals surface area contributed by atoms with Gasteiger partial charge >= 0.3 is 0 Å². The second-order valence-corrected chi connectivity index (χ2v) is 4.71. The van der Waals surface area contributed by atoms with E-state index in [0.29, 0.717) is 6.04 Å². The molecule has 1 N–H and O–H groups in total. The van der Waals surface area contributed by atoms with Crippen molar-refractivity contribution in [1.29, 1.82) is 0 Å². The van der Waals surface area contributed by atoms with E-state index in [1.165, 1.54) is 36.9 Å². The molecule has 1 aliphatic rings. The zero-order chi connectivity index (χ0) is 10.7. The first-order valence-corrected chi connectivity index (χ1v) is 6.08. The number of aryl methyl sites for hydroxylation is 1. The average Bonchev–Trinajstić information content (AvgIpc) is 2.69. The minimum atomic E-state index is 0.706. The van der Waals surface area contributed by atoms with Crippen molar-refractivity contribution in [2.75, 3.05) is 6.54 Å². The van der Waals surface area contributed by atoms with Crippen LogP contribution in [0.15, 0.2) is 24.3 Å². The van der Waals surface area contributed by atoms with Crippen molar-refractivity contribution in [1.82, 2.24) is 5.32 Å². The SMILES string of the molecule is CCC1CCNC1Cc1ccc(C)cc1. The Morgan fingerprint density at radius 3 is 2.67 bits per heavy atom. The van der Waals surface area contributed by atoms with Crippen molar-refractivity contribution in [3.8, 4) is 0 Å². The number of hydrogen-bond donors (Lipinski definition) is 1. The summed E-state index contributed by atoms with van der Waals surface area (Å²) in [4.78, 5) is 0. The molecule has 0 radical (unpaired) electrons. The number of nitrogens with one attached hydrogen (secondary N) is 1. The van der Waals surface area contributed by atoms with Crippen molar-refractivity contribution < 1.29 is 0 Å². The van der Waals surface area contributed by atoms with E-state index in [2.05, 4.69) is 43.4 Å². The van der Waals surface area contributed by atoms with Gasteiger partial charge in [-0.25, -0.2) is 0 Å². The highest BCUT2D eigenvalue weighted by atomic mass is 14.9. The van der Waals surface area contributed by atoms with Crippen molar-refractivity contribution in [3.63, 3.8) is 0 Å². The molecular formula is C14H21N. The molecule has 1 nitrogen and oxygen atoms in total. The summed E-state index contributed by atoms with van der Waals surface area (Å²) in [6, 6.07) is 9.67. The Bertz CT molecular complexity index is 302. The fourth-order valence-corrected chi connectivity index (χ4v) is 2.53. The molecule has 1 aliphatic heterocycles. The average molecular weight is 203 g/mol. The molecule has 2 rings (SSSR count).